The second-order valence-electron chi connectivity index (χ2n) is 7.63. The molecule has 140 valence electrons. The summed E-state index contributed by atoms with van der Waals surface area (Å²) < 4.78 is 6.20. The summed E-state index contributed by atoms with van der Waals surface area (Å²) in [7, 11) is 0. The smallest absolute Gasteiger partial charge is 0.246 e. The van der Waals surface area contributed by atoms with E-state index in [1.807, 2.05) is 18.2 Å². The first-order valence-corrected chi connectivity index (χ1v) is 9.91. The number of nitrogens with two attached hydrogens (primary N) is 1. The Bertz CT molecular complexity index is 1130. The number of rotatable bonds is 4. The summed E-state index contributed by atoms with van der Waals surface area (Å²) in [5.74, 6) is 0.806. The summed E-state index contributed by atoms with van der Waals surface area (Å²) in [5, 5.41) is 0. The highest BCUT2D eigenvalue weighted by molar-refractivity contribution is 5.98. The van der Waals surface area contributed by atoms with E-state index in [4.69, 9.17) is 15.1 Å². The van der Waals surface area contributed by atoms with Crippen molar-refractivity contribution >= 4 is 11.2 Å². The summed E-state index contributed by atoms with van der Waals surface area (Å²) in [6.07, 6.45) is 5.95. The van der Waals surface area contributed by atoms with Gasteiger partial charge in [0.1, 0.15) is 11.3 Å². The van der Waals surface area contributed by atoms with Gasteiger partial charge in [-0.15, -0.1) is 0 Å². The lowest BCUT2D eigenvalue weighted by atomic mass is 9.72. The highest BCUT2D eigenvalue weighted by atomic mass is 16.3. The van der Waals surface area contributed by atoms with Crippen molar-refractivity contribution in [3.8, 4) is 22.5 Å². The zero-order valence-electron chi connectivity index (χ0n) is 16.0. The first-order chi connectivity index (χ1) is 13.7. The Morgan fingerprint density at radius 3 is 2.39 bits per heavy atom. The molecule has 1 aliphatic carbocycles. The summed E-state index contributed by atoms with van der Waals surface area (Å²) in [6, 6.07) is 18.7. The van der Waals surface area contributed by atoms with Gasteiger partial charge in [0.05, 0.1) is 17.5 Å². The molecule has 1 aliphatic rings. The first kappa shape index (κ1) is 17.1. The van der Waals surface area contributed by atoms with Gasteiger partial charge in [0.15, 0.2) is 0 Å². The van der Waals surface area contributed by atoms with Crippen LogP contribution in [-0.4, -0.2) is 9.97 Å². The zero-order valence-corrected chi connectivity index (χ0v) is 16.0. The van der Waals surface area contributed by atoms with E-state index in [1.165, 1.54) is 12.0 Å². The van der Waals surface area contributed by atoms with Gasteiger partial charge >= 0.3 is 0 Å². The maximum Gasteiger partial charge on any atom is 0.246 e. The molecule has 4 heteroatoms. The van der Waals surface area contributed by atoms with E-state index in [-0.39, 0.29) is 5.54 Å². The molecule has 0 aliphatic heterocycles. The van der Waals surface area contributed by atoms with Crippen molar-refractivity contribution in [3.05, 3.63) is 72.1 Å². The molecule has 4 aromatic rings. The Kier molecular flexibility index (Phi) is 4.02. The molecular formula is C24H23N3O. The van der Waals surface area contributed by atoms with Gasteiger partial charge in [-0.1, -0.05) is 61.5 Å². The minimum Gasteiger partial charge on any atom is -0.436 e. The molecule has 2 N–H and O–H groups in total. The van der Waals surface area contributed by atoms with Gasteiger partial charge in [-0.3, -0.25) is 0 Å². The third-order valence-electron chi connectivity index (χ3n) is 5.84. The van der Waals surface area contributed by atoms with Crippen LogP contribution in [0, 0.1) is 0 Å². The maximum atomic E-state index is 6.48. The van der Waals surface area contributed by atoms with Crippen molar-refractivity contribution in [3.63, 3.8) is 0 Å². The minimum atomic E-state index is -0.159. The quantitative estimate of drug-likeness (QED) is 0.519. The summed E-state index contributed by atoms with van der Waals surface area (Å²) in [5.41, 5.74) is 13.0. The molecular weight excluding hydrogens is 346 g/mol. The van der Waals surface area contributed by atoms with Crippen LogP contribution in [0.15, 0.2) is 65.2 Å². The van der Waals surface area contributed by atoms with Crippen molar-refractivity contribution in [2.75, 3.05) is 0 Å². The molecule has 1 fully saturated rings. The third kappa shape index (κ3) is 2.72. The van der Waals surface area contributed by atoms with E-state index in [0.717, 1.165) is 52.9 Å². The van der Waals surface area contributed by atoms with Gasteiger partial charge in [0.25, 0.3) is 0 Å². The fourth-order valence-electron chi connectivity index (χ4n) is 3.95. The lowest BCUT2D eigenvalue weighted by Gasteiger charge is -2.38. The monoisotopic (exact) mass is 369 g/mol. The van der Waals surface area contributed by atoms with E-state index in [9.17, 15) is 0 Å². The Hall–Kier alpha value is -2.98. The van der Waals surface area contributed by atoms with Crippen molar-refractivity contribution in [2.45, 2.75) is 38.1 Å². The van der Waals surface area contributed by atoms with Gasteiger partial charge in [-0.25, -0.2) is 9.97 Å². The van der Waals surface area contributed by atoms with E-state index in [0.29, 0.717) is 5.71 Å². The van der Waals surface area contributed by atoms with Crippen LogP contribution in [0.2, 0.25) is 0 Å². The second-order valence-corrected chi connectivity index (χ2v) is 7.63. The van der Waals surface area contributed by atoms with Crippen molar-refractivity contribution in [1.82, 2.24) is 9.97 Å². The Morgan fingerprint density at radius 1 is 1.00 bits per heavy atom. The molecule has 0 atom stereocenters. The number of aryl methyl sites for hydroxylation is 1. The number of fused-ring (bicyclic) bond motifs is 1. The Balaban J connectivity index is 1.68. The van der Waals surface area contributed by atoms with Crippen molar-refractivity contribution < 1.29 is 4.42 Å². The first-order valence-electron chi connectivity index (χ1n) is 9.91. The number of hydrogen-bond donors (Lipinski definition) is 1. The number of hydrogen-bond acceptors (Lipinski definition) is 4. The summed E-state index contributed by atoms with van der Waals surface area (Å²) in [6.45, 7) is 2.08. The normalized spacial score (nSPS) is 15.5. The number of benzene rings is 2. The topological polar surface area (TPSA) is 64.9 Å². The van der Waals surface area contributed by atoms with Gasteiger partial charge < -0.3 is 10.2 Å². The molecule has 5 rings (SSSR count). The number of nitrogens with zero attached hydrogens (tertiary/aromatic N) is 2. The van der Waals surface area contributed by atoms with Gasteiger partial charge in [0.2, 0.25) is 5.71 Å². The van der Waals surface area contributed by atoms with Crippen LogP contribution in [0.4, 0.5) is 0 Å². The van der Waals surface area contributed by atoms with Crippen LogP contribution in [0.1, 0.15) is 37.4 Å². The van der Waals surface area contributed by atoms with Gasteiger partial charge in [-0.2, -0.15) is 0 Å². The van der Waals surface area contributed by atoms with Crippen molar-refractivity contribution in [2.24, 2.45) is 5.73 Å². The van der Waals surface area contributed by atoms with Crippen LogP contribution >= 0.6 is 0 Å². The van der Waals surface area contributed by atoms with Crippen LogP contribution < -0.4 is 5.73 Å². The number of aromatic nitrogens is 2. The highest BCUT2D eigenvalue weighted by Gasteiger charge is 2.34. The molecule has 0 amide bonds. The molecule has 0 unspecified atom stereocenters. The lowest BCUT2D eigenvalue weighted by molar-refractivity contribution is 0.253. The molecule has 0 saturated heterocycles. The second kappa shape index (κ2) is 6.57. The average molecular weight is 369 g/mol. The predicted molar refractivity (Wildman–Crippen MR) is 112 cm³/mol. The Morgan fingerprint density at radius 2 is 1.75 bits per heavy atom. The highest BCUT2D eigenvalue weighted by Crippen LogP contribution is 2.42. The van der Waals surface area contributed by atoms with Crippen molar-refractivity contribution in [1.29, 1.82) is 0 Å². The fourth-order valence-corrected chi connectivity index (χ4v) is 3.95. The van der Waals surface area contributed by atoms with E-state index in [1.54, 1.807) is 6.20 Å². The molecule has 2 heterocycles. The zero-order chi connectivity index (χ0) is 19.1. The molecule has 2 aromatic heterocycles. The van der Waals surface area contributed by atoms with E-state index in [2.05, 4.69) is 48.3 Å². The van der Waals surface area contributed by atoms with Crippen LogP contribution in [-0.2, 0) is 12.0 Å². The fraction of sp³-hybridized carbons (Fsp3) is 0.250. The van der Waals surface area contributed by atoms with Crippen LogP contribution in [0.5, 0.6) is 0 Å². The van der Waals surface area contributed by atoms with Crippen LogP contribution in [0.3, 0.4) is 0 Å². The molecule has 4 nitrogen and oxygen atoms in total. The molecule has 28 heavy (non-hydrogen) atoms. The minimum absolute atomic E-state index is 0.159. The van der Waals surface area contributed by atoms with Gasteiger partial charge in [0, 0.05) is 11.1 Å². The maximum absolute atomic E-state index is 6.48. The molecule has 0 radical (unpaired) electrons. The molecule has 0 spiro atoms. The summed E-state index contributed by atoms with van der Waals surface area (Å²) in [4.78, 5) is 9.33. The standard InChI is InChI=1S/C24H23N3O/c1-2-19-15-26-23-21(27-19)20(16-7-4-3-5-8-16)22(28-23)17-9-11-18(12-10-17)24(25)13-6-14-24/h3-5,7-12,15H,2,6,13-14,25H2,1H3. The summed E-state index contributed by atoms with van der Waals surface area (Å²) >= 11 is 0. The Labute approximate surface area is 164 Å². The van der Waals surface area contributed by atoms with Gasteiger partial charge in [-0.05, 0) is 36.8 Å². The molecule has 1 saturated carbocycles. The van der Waals surface area contributed by atoms with E-state index < -0.39 is 0 Å². The third-order valence-corrected chi connectivity index (χ3v) is 5.84. The SMILES string of the molecule is CCc1cnc2oc(-c3ccc(C4(N)CCC4)cc3)c(-c3ccccc3)c2n1. The predicted octanol–water partition coefficient (Wildman–Crippen LogP) is 5.46. The number of furan rings is 1. The molecule has 0 bridgehead atoms. The lowest BCUT2D eigenvalue weighted by Crippen LogP contribution is -2.43. The van der Waals surface area contributed by atoms with E-state index >= 15 is 0 Å². The molecule has 2 aromatic carbocycles. The largest absolute Gasteiger partial charge is 0.436 e. The average Bonchev–Trinajstić information content (AvgIpc) is 3.11. The van der Waals surface area contributed by atoms with Crippen LogP contribution in [0.25, 0.3) is 33.7 Å².